The molecule has 2 aromatic rings. The number of nitrogens with one attached hydrogen (secondary N) is 1. The molecule has 0 spiro atoms. The Balaban J connectivity index is 1.84. The lowest BCUT2D eigenvalue weighted by Gasteiger charge is -2.21. The van der Waals surface area contributed by atoms with Crippen LogP contribution in [0.25, 0.3) is 0 Å². The smallest absolute Gasteiger partial charge is 0.261 e. The molecule has 0 aliphatic carbocycles. The van der Waals surface area contributed by atoms with Crippen LogP contribution >= 0.6 is 11.6 Å². The van der Waals surface area contributed by atoms with Gasteiger partial charge in [0.05, 0.1) is 18.2 Å². The van der Waals surface area contributed by atoms with E-state index in [0.29, 0.717) is 29.5 Å². The molecule has 2 aromatic carbocycles. The number of methoxy groups -OCH3 is 1. The molecular weight excluding hydrogens is 354 g/mol. The van der Waals surface area contributed by atoms with Crippen LogP contribution in [0.1, 0.15) is 20.3 Å². The second-order valence-corrected chi connectivity index (χ2v) is 6.25. The monoisotopic (exact) mass is 377 g/mol. The zero-order chi connectivity index (χ0) is 18.9. The number of amides is 1. The lowest BCUT2D eigenvalue weighted by Crippen LogP contribution is -2.44. The Morgan fingerprint density at radius 1 is 1.12 bits per heavy atom. The number of carbonyl (C=O) groups excluding carboxylic acids is 1. The van der Waals surface area contributed by atoms with Crippen LogP contribution in [0.5, 0.6) is 17.2 Å². The van der Waals surface area contributed by atoms with Crippen LogP contribution in [0.2, 0.25) is 5.02 Å². The minimum Gasteiger partial charge on any atom is -0.497 e. The van der Waals surface area contributed by atoms with Crippen LogP contribution in [0.3, 0.4) is 0 Å². The Labute approximate surface area is 159 Å². The topological polar surface area (TPSA) is 56.8 Å². The molecule has 0 heterocycles. The Morgan fingerprint density at radius 3 is 2.38 bits per heavy atom. The van der Waals surface area contributed by atoms with Crippen LogP contribution in [-0.2, 0) is 4.79 Å². The van der Waals surface area contributed by atoms with Crippen LogP contribution in [0.4, 0.5) is 0 Å². The molecule has 0 fully saturated rings. The van der Waals surface area contributed by atoms with E-state index in [1.165, 1.54) is 0 Å². The Hall–Kier alpha value is -2.40. The van der Waals surface area contributed by atoms with Crippen LogP contribution in [0, 0.1) is 0 Å². The standard InChI is InChI=1S/C20H24ClNO4/c1-4-18(26-19-8-6-5-7-17(19)21)20(23)22-14(2)13-25-16-11-9-15(24-3)10-12-16/h5-12,14,18H,4,13H2,1-3H3,(H,22,23). The summed E-state index contributed by atoms with van der Waals surface area (Å²) in [6.07, 6.45) is -0.0818. The van der Waals surface area contributed by atoms with Gasteiger partial charge >= 0.3 is 0 Å². The Morgan fingerprint density at radius 2 is 1.77 bits per heavy atom. The predicted octanol–water partition coefficient (Wildman–Crippen LogP) is 4.09. The van der Waals surface area contributed by atoms with Crippen molar-refractivity contribution in [3.8, 4) is 17.2 Å². The molecule has 1 N–H and O–H groups in total. The number of ether oxygens (including phenoxy) is 3. The van der Waals surface area contributed by atoms with Gasteiger partial charge in [-0.2, -0.15) is 0 Å². The molecule has 0 saturated carbocycles. The Bertz CT molecular complexity index is 705. The van der Waals surface area contributed by atoms with Crippen molar-refractivity contribution in [2.24, 2.45) is 0 Å². The molecule has 2 unspecified atom stereocenters. The molecule has 140 valence electrons. The molecule has 6 heteroatoms. The minimum atomic E-state index is -0.613. The van der Waals surface area contributed by atoms with E-state index in [2.05, 4.69) is 5.32 Å². The molecule has 2 atom stereocenters. The average molecular weight is 378 g/mol. The van der Waals surface area contributed by atoms with E-state index >= 15 is 0 Å². The van der Waals surface area contributed by atoms with Gasteiger partial charge in [0, 0.05) is 0 Å². The molecule has 0 saturated heterocycles. The molecule has 26 heavy (non-hydrogen) atoms. The molecule has 0 radical (unpaired) electrons. The van der Waals surface area contributed by atoms with Gasteiger partial charge in [-0.25, -0.2) is 0 Å². The van der Waals surface area contributed by atoms with Crippen LogP contribution < -0.4 is 19.5 Å². The highest BCUT2D eigenvalue weighted by atomic mass is 35.5. The summed E-state index contributed by atoms with van der Waals surface area (Å²) in [5, 5.41) is 3.39. The second-order valence-electron chi connectivity index (χ2n) is 5.84. The van der Waals surface area contributed by atoms with Gasteiger partial charge in [0.2, 0.25) is 0 Å². The fourth-order valence-electron chi connectivity index (χ4n) is 2.29. The van der Waals surface area contributed by atoms with Crippen molar-refractivity contribution >= 4 is 17.5 Å². The van der Waals surface area contributed by atoms with Crippen molar-refractivity contribution in [2.45, 2.75) is 32.4 Å². The van der Waals surface area contributed by atoms with Gasteiger partial charge in [0.1, 0.15) is 23.9 Å². The first-order valence-corrected chi connectivity index (χ1v) is 8.89. The van der Waals surface area contributed by atoms with E-state index in [4.69, 9.17) is 25.8 Å². The van der Waals surface area contributed by atoms with E-state index in [9.17, 15) is 4.79 Å². The summed E-state index contributed by atoms with van der Waals surface area (Å²) in [4.78, 5) is 12.4. The number of benzene rings is 2. The molecule has 0 aromatic heterocycles. The van der Waals surface area contributed by atoms with Crippen LogP contribution in [0.15, 0.2) is 48.5 Å². The molecule has 2 rings (SSSR count). The van der Waals surface area contributed by atoms with Crippen molar-refractivity contribution < 1.29 is 19.0 Å². The molecule has 0 aliphatic rings. The van der Waals surface area contributed by atoms with E-state index < -0.39 is 6.10 Å². The third-order valence-corrected chi connectivity index (χ3v) is 4.03. The summed E-state index contributed by atoms with van der Waals surface area (Å²) >= 11 is 6.09. The molecule has 1 amide bonds. The van der Waals surface area contributed by atoms with Gasteiger partial charge in [-0.15, -0.1) is 0 Å². The fourth-order valence-corrected chi connectivity index (χ4v) is 2.47. The summed E-state index contributed by atoms with van der Waals surface area (Å²) in [6, 6.07) is 14.2. The average Bonchev–Trinajstić information content (AvgIpc) is 2.66. The van der Waals surface area contributed by atoms with Crippen LogP contribution in [-0.4, -0.2) is 31.8 Å². The predicted molar refractivity (Wildman–Crippen MR) is 102 cm³/mol. The first-order chi connectivity index (χ1) is 12.5. The summed E-state index contributed by atoms with van der Waals surface area (Å²) < 4.78 is 16.5. The number of hydrogen-bond acceptors (Lipinski definition) is 4. The minimum absolute atomic E-state index is 0.173. The third kappa shape index (κ3) is 5.85. The SMILES string of the molecule is CCC(Oc1ccccc1Cl)C(=O)NC(C)COc1ccc(OC)cc1. The third-order valence-electron chi connectivity index (χ3n) is 3.72. The first kappa shape index (κ1) is 19.9. The number of rotatable bonds is 9. The second kappa shape index (κ2) is 9.92. The number of hydrogen-bond donors (Lipinski definition) is 1. The van der Waals surface area contributed by atoms with E-state index in [-0.39, 0.29) is 11.9 Å². The van der Waals surface area contributed by atoms with Gasteiger partial charge in [0.25, 0.3) is 5.91 Å². The van der Waals surface area contributed by atoms with Gasteiger partial charge in [-0.05, 0) is 49.7 Å². The fraction of sp³-hybridized carbons (Fsp3) is 0.350. The maximum absolute atomic E-state index is 12.4. The van der Waals surface area contributed by atoms with E-state index in [0.717, 1.165) is 5.75 Å². The summed E-state index contributed by atoms with van der Waals surface area (Å²) in [5.74, 6) is 1.78. The highest BCUT2D eigenvalue weighted by Crippen LogP contribution is 2.25. The van der Waals surface area contributed by atoms with Crippen molar-refractivity contribution in [3.63, 3.8) is 0 Å². The van der Waals surface area contributed by atoms with Crippen molar-refractivity contribution in [1.29, 1.82) is 0 Å². The van der Waals surface area contributed by atoms with Gasteiger partial charge in [0.15, 0.2) is 6.10 Å². The highest BCUT2D eigenvalue weighted by molar-refractivity contribution is 6.32. The zero-order valence-corrected chi connectivity index (χ0v) is 16.0. The molecule has 0 bridgehead atoms. The lowest BCUT2D eigenvalue weighted by atomic mass is 10.2. The number of para-hydroxylation sites is 1. The summed E-state index contributed by atoms with van der Waals surface area (Å²) in [6.45, 7) is 4.11. The highest BCUT2D eigenvalue weighted by Gasteiger charge is 2.21. The van der Waals surface area contributed by atoms with Crippen molar-refractivity contribution in [1.82, 2.24) is 5.32 Å². The van der Waals surface area contributed by atoms with Gasteiger partial charge in [-0.1, -0.05) is 30.7 Å². The number of carbonyl (C=O) groups is 1. The quantitative estimate of drug-likeness (QED) is 0.715. The molecule has 0 aliphatic heterocycles. The zero-order valence-electron chi connectivity index (χ0n) is 15.2. The Kier molecular flexibility index (Phi) is 7.60. The summed E-state index contributed by atoms with van der Waals surface area (Å²) in [5.41, 5.74) is 0. The van der Waals surface area contributed by atoms with E-state index in [1.807, 2.05) is 50.2 Å². The largest absolute Gasteiger partial charge is 0.497 e. The first-order valence-electron chi connectivity index (χ1n) is 8.52. The molecular formula is C20H24ClNO4. The van der Waals surface area contributed by atoms with Gasteiger partial charge < -0.3 is 19.5 Å². The normalized spacial score (nSPS) is 12.8. The lowest BCUT2D eigenvalue weighted by molar-refractivity contribution is -0.128. The maximum Gasteiger partial charge on any atom is 0.261 e. The van der Waals surface area contributed by atoms with E-state index in [1.54, 1.807) is 19.2 Å². The molecule has 5 nitrogen and oxygen atoms in total. The maximum atomic E-state index is 12.4. The van der Waals surface area contributed by atoms with Crippen molar-refractivity contribution in [3.05, 3.63) is 53.6 Å². The van der Waals surface area contributed by atoms with Crippen molar-refractivity contribution in [2.75, 3.05) is 13.7 Å². The summed E-state index contributed by atoms with van der Waals surface area (Å²) in [7, 11) is 1.61. The number of halogens is 1. The van der Waals surface area contributed by atoms with Gasteiger partial charge in [-0.3, -0.25) is 4.79 Å².